The molecule has 0 atom stereocenters. The van der Waals surface area contributed by atoms with Crippen molar-refractivity contribution >= 4 is 27.7 Å². The van der Waals surface area contributed by atoms with Crippen molar-refractivity contribution in [2.75, 3.05) is 5.32 Å². The monoisotopic (exact) mass is 292 g/mol. The van der Waals surface area contributed by atoms with Crippen LogP contribution < -0.4 is 5.32 Å². The number of nitrogens with zero attached hydrogens (tertiary/aromatic N) is 3. The Bertz CT molecular complexity index is 544. The molecule has 1 amide bonds. The smallest absolute Gasteiger partial charge is 0.259 e. The summed E-state index contributed by atoms with van der Waals surface area (Å²) in [5.41, 5.74) is 1.40. The van der Waals surface area contributed by atoms with Crippen molar-refractivity contribution in [3.05, 3.63) is 46.6 Å². The minimum Gasteiger partial charge on any atom is -0.306 e. The van der Waals surface area contributed by atoms with E-state index in [1.165, 1.54) is 18.7 Å². The van der Waals surface area contributed by atoms with Gasteiger partial charge in [0.25, 0.3) is 5.91 Å². The molecule has 0 bridgehead atoms. The summed E-state index contributed by atoms with van der Waals surface area (Å²) in [4.78, 5) is 23.4. The van der Waals surface area contributed by atoms with Crippen LogP contribution in [-0.4, -0.2) is 20.9 Å². The Hall–Kier alpha value is -1.82. The molecule has 0 saturated heterocycles. The number of halogens is 1. The second kappa shape index (κ2) is 5.01. The first-order chi connectivity index (χ1) is 8.16. The van der Waals surface area contributed by atoms with Gasteiger partial charge in [0.05, 0.1) is 5.56 Å². The number of carbonyl (C=O) groups is 1. The van der Waals surface area contributed by atoms with Crippen molar-refractivity contribution in [1.82, 2.24) is 15.0 Å². The van der Waals surface area contributed by atoms with Crippen molar-refractivity contribution < 1.29 is 4.79 Å². The lowest BCUT2D eigenvalue weighted by Crippen LogP contribution is -2.13. The van der Waals surface area contributed by atoms with Crippen LogP contribution in [0.2, 0.25) is 0 Å². The number of nitrogens with one attached hydrogen (secondary N) is 1. The third-order valence-corrected chi connectivity index (χ3v) is 2.94. The second-order valence-electron chi connectivity index (χ2n) is 3.40. The van der Waals surface area contributed by atoms with Crippen LogP contribution in [0.25, 0.3) is 0 Å². The highest BCUT2D eigenvalue weighted by Gasteiger charge is 2.07. The zero-order valence-corrected chi connectivity index (χ0v) is 10.6. The van der Waals surface area contributed by atoms with Crippen molar-refractivity contribution in [2.45, 2.75) is 6.92 Å². The molecule has 17 heavy (non-hydrogen) atoms. The Balaban J connectivity index is 2.16. The molecule has 0 radical (unpaired) electrons. The highest BCUT2D eigenvalue weighted by atomic mass is 79.9. The zero-order chi connectivity index (χ0) is 12.3. The number of anilines is 1. The summed E-state index contributed by atoms with van der Waals surface area (Å²) in [6.45, 7) is 1.92. The van der Waals surface area contributed by atoms with Crippen molar-refractivity contribution in [3.63, 3.8) is 0 Å². The fraction of sp³-hybridized carbons (Fsp3) is 0.0909. The van der Waals surface area contributed by atoms with E-state index in [9.17, 15) is 4.79 Å². The summed E-state index contributed by atoms with van der Waals surface area (Å²) in [5, 5.41) is 2.68. The number of hydrogen-bond acceptors (Lipinski definition) is 4. The van der Waals surface area contributed by atoms with Gasteiger partial charge in [-0.15, -0.1) is 0 Å². The van der Waals surface area contributed by atoms with E-state index in [-0.39, 0.29) is 5.91 Å². The zero-order valence-electron chi connectivity index (χ0n) is 9.01. The van der Waals surface area contributed by atoms with E-state index in [0.29, 0.717) is 11.4 Å². The highest BCUT2D eigenvalue weighted by Crippen LogP contribution is 2.17. The van der Waals surface area contributed by atoms with Crippen molar-refractivity contribution in [2.24, 2.45) is 0 Å². The molecule has 0 aliphatic rings. The molecular formula is C11H9BrN4O. The van der Waals surface area contributed by atoms with Crippen LogP contribution in [0, 0.1) is 6.92 Å². The molecule has 2 rings (SSSR count). The normalized spacial score (nSPS) is 10.0. The van der Waals surface area contributed by atoms with Gasteiger partial charge in [-0.05, 0) is 34.5 Å². The van der Waals surface area contributed by atoms with Crippen LogP contribution in [0.4, 0.5) is 5.82 Å². The molecule has 0 spiro atoms. The highest BCUT2D eigenvalue weighted by molar-refractivity contribution is 9.10. The lowest BCUT2D eigenvalue weighted by Gasteiger charge is -2.05. The van der Waals surface area contributed by atoms with Gasteiger partial charge in [0, 0.05) is 23.1 Å². The number of carbonyl (C=O) groups excluding carboxylic acids is 1. The number of aromatic nitrogens is 3. The maximum atomic E-state index is 11.8. The minimum atomic E-state index is -0.278. The maximum absolute atomic E-state index is 11.8. The molecule has 1 N–H and O–H groups in total. The van der Waals surface area contributed by atoms with Gasteiger partial charge >= 0.3 is 0 Å². The van der Waals surface area contributed by atoms with Gasteiger partial charge in [0.2, 0.25) is 0 Å². The molecule has 2 aromatic rings. The van der Waals surface area contributed by atoms with Crippen LogP contribution in [0.5, 0.6) is 0 Å². The van der Waals surface area contributed by atoms with E-state index in [4.69, 9.17) is 0 Å². The molecule has 6 heteroatoms. The first-order valence-corrected chi connectivity index (χ1v) is 5.64. The fourth-order valence-corrected chi connectivity index (χ4v) is 1.43. The second-order valence-corrected chi connectivity index (χ2v) is 4.25. The molecule has 86 valence electrons. The van der Waals surface area contributed by atoms with Gasteiger partial charge in [-0.2, -0.15) is 0 Å². The first-order valence-electron chi connectivity index (χ1n) is 4.85. The van der Waals surface area contributed by atoms with E-state index in [1.54, 1.807) is 12.3 Å². The van der Waals surface area contributed by atoms with E-state index >= 15 is 0 Å². The largest absolute Gasteiger partial charge is 0.306 e. The minimum absolute atomic E-state index is 0.278. The van der Waals surface area contributed by atoms with Gasteiger partial charge in [0.1, 0.15) is 12.1 Å². The van der Waals surface area contributed by atoms with E-state index in [2.05, 4.69) is 36.2 Å². The fourth-order valence-electron chi connectivity index (χ4n) is 1.21. The molecule has 2 aromatic heterocycles. The molecule has 0 saturated carbocycles. The van der Waals surface area contributed by atoms with Crippen LogP contribution >= 0.6 is 15.9 Å². The average molecular weight is 293 g/mol. The predicted octanol–water partition coefficient (Wildman–Crippen LogP) is 2.19. The number of amides is 1. The topological polar surface area (TPSA) is 67.8 Å². The molecule has 0 aromatic carbocycles. The number of aryl methyl sites for hydroxylation is 1. The van der Waals surface area contributed by atoms with E-state index in [0.717, 1.165) is 10.0 Å². The van der Waals surface area contributed by atoms with Crippen LogP contribution in [-0.2, 0) is 0 Å². The Morgan fingerprint density at radius 3 is 2.65 bits per heavy atom. The van der Waals surface area contributed by atoms with Crippen LogP contribution in [0.15, 0.2) is 35.5 Å². The lowest BCUT2D eigenvalue weighted by molar-refractivity contribution is 0.102. The number of hydrogen-bond donors (Lipinski definition) is 1. The van der Waals surface area contributed by atoms with Crippen LogP contribution in [0.3, 0.4) is 0 Å². The summed E-state index contributed by atoms with van der Waals surface area (Å²) in [5.74, 6) is 0.222. The van der Waals surface area contributed by atoms with Gasteiger partial charge < -0.3 is 5.32 Å². The standard InChI is InChI=1S/C11H9BrN4O/c1-7-2-10(15-5-9(7)12)16-11(17)8-3-13-6-14-4-8/h2-6H,1H3,(H,15,16,17). The summed E-state index contributed by atoms with van der Waals surface area (Å²) < 4.78 is 0.901. The summed E-state index contributed by atoms with van der Waals surface area (Å²) in [6, 6.07) is 1.78. The summed E-state index contributed by atoms with van der Waals surface area (Å²) in [6.07, 6.45) is 5.92. The molecule has 0 unspecified atom stereocenters. The molecule has 0 aliphatic carbocycles. The predicted molar refractivity (Wildman–Crippen MR) is 66.7 cm³/mol. The molecule has 0 aliphatic heterocycles. The Morgan fingerprint density at radius 2 is 2.00 bits per heavy atom. The SMILES string of the molecule is Cc1cc(NC(=O)c2cncnc2)ncc1Br. The maximum Gasteiger partial charge on any atom is 0.259 e. The number of rotatable bonds is 2. The van der Waals surface area contributed by atoms with E-state index < -0.39 is 0 Å². The molecule has 0 fully saturated rings. The Morgan fingerprint density at radius 1 is 1.29 bits per heavy atom. The van der Waals surface area contributed by atoms with Crippen molar-refractivity contribution in [1.29, 1.82) is 0 Å². The molecule has 5 nitrogen and oxygen atoms in total. The van der Waals surface area contributed by atoms with Crippen molar-refractivity contribution in [3.8, 4) is 0 Å². The lowest BCUT2D eigenvalue weighted by atomic mass is 10.3. The number of pyridine rings is 1. The third-order valence-electron chi connectivity index (χ3n) is 2.11. The first kappa shape index (κ1) is 11.7. The summed E-state index contributed by atoms with van der Waals surface area (Å²) in [7, 11) is 0. The van der Waals surface area contributed by atoms with Gasteiger partial charge in [0.15, 0.2) is 0 Å². The van der Waals surface area contributed by atoms with Gasteiger partial charge in [-0.25, -0.2) is 15.0 Å². The van der Waals surface area contributed by atoms with Crippen LogP contribution in [0.1, 0.15) is 15.9 Å². The Kier molecular flexibility index (Phi) is 3.43. The Labute approximate surface area is 106 Å². The molecular weight excluding hydrogens is 284 g/mol. The van der Waals surface area contributed by atoms with E-state index in [1.807, 2.05) is 6.92 Å². The average Bonchev–Trinajstić information content (AvgIpc) is 2.35. The molecule has 2 heterocycles. The van der Waals surface area contributed by atoms with Gasteiger partial charge in [-0.3, -0.25) is 4.79 Å². The third kappa shape index (κ3) is 2.85. The quantitative estimate of drug-likeness (QED) is 0.921. The van der Waals surface area contributed by atoms with Gasteiger partial charge in [-0.1, -0.05) is 0 Å². The summed E-state index contributed by atoms with van der Waals surface area (Å²) >= 11 is 3.35.